The van der Waals surface area contributed by atoms with Gasteiger partial charge in [-0.3, -0.25) is 14.0 Å². The van der Waals surface area contributed by atoms with E-state index in [4.69, 9.17) is 9.47 Å². The smallest absolute Gasteiger partial charge is 0.314 e. The lowest BCUT2D eigenvalue weighted by Gasteiger charge is -2.41. The molecule has 31 heavy (non-hydrogen) atoms. The number of imidazole rings is 1. The highest BCUT2D eigenvalue weighted by atomic mass is 32.1. The maximum Gasteiger partial charge on any atom is 0.314 e. The fourth-order valence-electron chi connectivity index (χ4n) is 4.11. The minimum atomic E-state index is -0.743. The summed E-state index contributed by atoms with van der Waals surface area (Å²) < 4.78 is 13.2. The van der Waals surface area contributed by atoms with Gasteiger partial charge in [0.2, 0.25) is 5.91 Å². The van der Waals surface area contributed by atoms with Gasteiger partial charge in [-0.15, -0.1) is 11.3 Å². The number of benzene rings is 1. The van der Waals surface area contributed by atoms with Crippen molar-refractivity contribution in [3.63, 3.8) is 0 Å². The number of fused-ring (bicyclic) bond motifs is 1. The van der Waals surface area contributed by atoms with Gasteiger partial charge in [-0.2, -0.15) is 0 Å². The SMILES string of the molecule is CCOC(=O)C1(CCOc2ccccc2)CCCN(C(=O)Cc2cn3ccsc3n2)C1. The summed E-state index contributed by atoms with van der Waals surface area (Å²) in [6.45, 7) is 3.51. The maximum atomic E-state index is 13.0. The summed E-state index contributed by atoms with van der Waals surface area (Å²) >= 11 is 1.54. The zero-order chi connectivity index (χ0) is 21.7. The monoisotopic (exact) mass is 441 g/mol. The average Bonchev–Trinajstić information content (AvgIpc) is 3.37. The first kappa shape index (κ1) is 21.4. The molecule has 1 aliphatic rings. The summed E-state index contributed by atoms with van der Waals surface area (Å²) in [4.78, 5) is 33.1. The summed E-state index contributed by atoms with van der Waals surface area (Å²) in [6.07, 6.45) is 6.00. The number of esters is 1. The molecule has 3 heterocycles. The van der Waals surface area contributed by atoms with Crippen molar-refractivity contribution in [2.24, 2.45) is 5.41 Å². The number of thiazole rings is 1. The van der Waals surface area contributed by atoms with Crippen LogP contribution in [0.25, 0.3) is 4.96 Å². The molecule has 0 radical (unpaired) electrons. The minimum Gasteiger partial charge on any atom is -0.494 e. The number of carbonyl (C=O) groups excluding carboxylic acids is 2. The van der Waals surface area contributed by atoms with Crippen LogP contribution in [0.2, 0.25) is 0 Å². The predicted molar refractivity (Wildman–Crippen MR) is 118 cm³/mol. The number of hydrogen-bond acceptors (Lipinski definition) is 6. The normalized spacial score (nSPS) is 18.8. The Kier molecular flexibility index (Phi) is 6.56. The van der Waals surface area contributed by atoms with Gasteiger partial charge in [-0.1, -0.05) is 18.2 Å². The van der Waals surface area contributed by atoms with Gasteiger partial charge < -0.3 is 14.4 Å². The summed E-state index contributed by atoms with van der Waals surface area (Å²) in [5.74, 6) is 0.514. The van der Waals surface area contributed by atoms with E-state index in [1.807, 2.05) is 59.4 Å². The predicted octanol–water partition coefficient (Wildman–Crippen LogP) is 3.58. The van der Waals surface area contributed by atoms with Gasteiger partial charge in [0.25, 0.3) is 0 Å². The van der Waals surface area contributed by atoms with Crippen molar-refractivity contribution < 1.29 is 19.1 Å². The third-order valence-electron chi connectivity index (χ3n) is 5.71. The highest BCUT2D eigenvalue weighted by Crippen LogP contribution is 2.35. The van der Waals surface area contributed by atoms with Gasteiger partial charge in [-0.25, -0.2) is 4.98 Å². The molecule has 1 fully saturated rings. The van der Waals surface area contributed by atoms with E-state index in [1.54, 1.807) is 4.90 Å². The molecule has 3 aromatic rings. The highest BCUT2D eigenvalue weighted by molar-refractivity contribution is 7.15. The highest BCUT2D eigenvalue weighted by Gasteiger charge is 2.44. The molecular weight excluding hydrogens is 414 g/mol. The van der Waals surface area contributed by atoms with E-state index in [2.05, 4.69) is 4.98 Å². The molecule has 2 aromatic heterocycles. The molecule has 4 rings (SSSR count). The van der Waals surface area contributed by atoms with Crippen LogP contribution in [-0.4, -0.2) is 52.5 Å². The summed E-state index contributed by atoms with van der Waals surface area (Å²) in [5, 5.41) is 1.96. The first-order chi connectivity index (χ1) is 15.1. The van der Waals surface area contributed by atoms with Crippen LogP contribution in [-0.2, 0) is 20.7 Å². The van der Waals surface area contributed by atoms with Crippen LogP contribution in [0.5, 0.6) is 5.75 Å². The Labute approximate surface area is 185 Å². The Bertz CT molecular complexity index is 1000. The maximum absolute atomic E-state index is 13.0. The molecule has 1 aromatic carbocycles. The topological polar surface area (TPSA) is 73.1 Å². The van der Waals surface area contributed by atoms with Crippen LogP contribution in [0.4, 0.5) is 0 Å². The van der Waals surface area contributed by atoms with Gasteiger partial charge in [0.15, 0.2) is 4.96 Å². The third kappa shape index (κ3) is 4.90. The second-order valence-corrected chi connectivity index (χ2v) is 8.71. The average molecular weight is 442 g/mol. The number of nitrogens with zero attached hydrogens (tertiary/aromatic N) is 3. The Morgan fingerprint density at radius 1 is 1.26 bits per heavy atom. The molecule has 1 amide bonds. The second kappa shape index (κ2) is 9.51. The van der Waals surface area contributed by atoms with E-state index in [9.17, 15) is 9.59 Å². The van der Waals surface area contributed by atoms with E-state index >= 15 is 0 Å². The van der Waals surface area contributed by atoms with E-state index in [1.165, 1.54) is 11.3 Å². The van der Waals surface area contributed by atoms with Crippen LogP contribution in [0.1, 0.15) is 31.9 Å². The summed E-state index contributed by atoms with van der Waals surface area (Å²) in [7, 11) is 0. The van der Waals surface area contributed by atoms with Crippen molar-refractivity contribution in [3.8, 4) is 5.75 Å². The Balaban J connectivity index is 1.43. The molecule has 8 heteroatoms. The zero-order valence-electron chi connectivity index (χ0n) is 17.7. The number of rotatable bonds is 8. The van der Waals surface area contributed by atoms with E-state index in [-0.39, 0.29) is 18.3 Å². The van der Waals surface area contributed by atoms with Crippen molar-refractivity contribution in [2.45, 2.75) is 32.6 Å². The van der Waals surface area contributed by atoms with Crippen molar-refractivity contribution >= 4 is 28.2 Å². The van der Waals surface area contributed by atoms with Crippen molar-refractivity contribution in [3.05, 3.63) is 53.8 Å². The van der Waals surface area contributed by atoms with Crippen molar-refractivity contribution in [2.75, 3.05) is 26.3 Å². The van der Waals surface area contributed by atoms with Gasteiger partial charge in [0, 0.05) is 30.9 Å². The number of amides is 1. The summed E-state index contributed by atoms with van der Waals surface area (Å²) in [5.41, 5.74) is 0.00401. The number of aromatic nitrogens is 2. The van der Waals surface area contributed by atoms with Crippen LogP contribution in [0, 0.1) is 5.41 Å². The van der Waals surface area contributed by atoms with E-state index < -0.39 is 5.41 Å². The first-order valence-electron chi connectivity index (χ1n) is 10.6. The standard InChI is InChI=1S/C23H27N3O4S/c1-2-29-21(28)23(10-13-30-19-7-4-3-5-8-19)9-6-11-26(17-23)20(27)15-18-16-25-12-14-31-22(25)24-18/h3-5,7-8,12,14,16H,2,6,9-11,13,15,17H2,1H3. The van der Waals surface area contributed by atoms with Crippen LogP contribution >= 0.6 is 11.3 Å². The molecule has 1 unspecified atom stereocenters. The molecule has 0 saturated carbocycles. The quantitative estimate of drug-likeness (QED) is 0.500. The van der Waals surface area contributed by atoms with Crippen molar-refractivity contribution in [1.82, 2.24) is 14.3 Å². The number of ether oxygens (including phenoxy) is 2. The molecule has 0 aliphatic carbocycles. The Morgan fingerprint density at radius 3 is 2.87 bits per heavy atom. The Hall–Kier alpha value is -2.87. The fourth-order valence-corrected chi connectivity index (χ4v) is 4.83. The van der Waals surface area contributed by atoms with Gasteiger partial charge in [0.05, 0.1) is 30.7 Å². The largest absolute Gasteiger partial charge is 0.494 e. The Morgan fingerprint density at radius 2 is 2.10 bits per heavy atom. The number of carbonyl (C=O) groups is 2. The van der Waals surface area contributed by atoms with E-state index in [0.29, 0.717) is 39.1 Å². The van der Waals surface area contributed by atoms with E-state index in [0.717, 1.165) is 22.8 Å². The zero-order valence-corrected chi connectivity index (χ0v) is 18.5. The van der Waals surface area contributed by atoms with Gasteiger partial charge in [-0.05, 0) is 38.3 Å². The van der Waals surface area contributed by atoms with Crippen LogP contribution in [0.3, 0.4) is 0 Å². The number of likely N-dealkylation sites (tertiary alicyclic amines) is 1. The molecule has 1 aliphatic heterocycles. The molecule has 1 saturated heterocycles. The van der Waals surface area contributed by atoms with Crippen molar-refractivity contribution in [1.29, 1.82) is 0 Å². The minimum absolute atomic E-state index is 0.0110. The molecular formula is C23H27N3O4S. The molecule has 164 valence electrons. The lowest BCUT2D eigenvalue weighted by atomic mass is 9.77. The molecule has 0 spiro atoms. The van der Waals surface area contributed by atoms with Gasteiger partial charge >= 0.3 is 5.97 Å². The number of piperidine rings is 1. The number of para-hydroxylation sites is 1. The fraction of sp³-hybridized carbons (Fsp3) is 0.435. The summed E-state index contributed by atoms with van der Waals surface area (Å²) in [6, 6.07) is 9.54. The molecule has 0 bridgehead atoms. The third-order valence-corrected chi connectivity index (χ3v) is 6.48. The van der Waals surface area contributed by atoms with Crippen LogP contribution < -0.4 is 4.74 Å². The lowest BCUT2D eigenvalue weighted by molar-refractivity contribution is -0.161. The lowest BCUT2D eigenvalue weighted by Crippen LogP contribution is -2.51. The molecule has 0 N–H and O–H groups in total. The first-order valence-corrected chi connectivity index (χ1v) is 11.5. The molecule has 7 nitrogen and oxygen atoms in total. The molecule has 1 atom stereocenters. The number of hydrogen-bond donors (Lipinski definition) is 0. The van der Waals surface area contributed by atoms with Gasteiger partial charge in [0.1, 0.15) is 5.75 Å². The second-order valence-electron chi connectivity index (χ2n) is 7.83. The van der Waals surface area contributed by atoms with Crippen LogP contribution in [0.15, 0.2) is 48.1 Å².